The van der Waals surface area contributed by atoms with Crippen LogP contribution in [0.2, 0.25) is 0 Å². The Balaban J connectivity index is 1.48. The van der Waals surface area contributed by atoms with E-state index in [1.807, 2.05) is 0 Å². The minimum Gasteiger partial charge on any atom is -0.493 e. The van der Waals surface area contributed by atoms with Crippen LogP contribution in [0.15, 0.2) is 66.7 Å². The van der Waals surface area contributed by atoms with Crippen molar-refractivity contribution in [2.24, 2.45) is 0 Å². The van der Waals surface area contributed by atoms with E-state index in [0.717, 1.165) is 4.90 Å². The number of ether oxygens (including phenoxy) is 3. The number of anilines is 1. The molecule has 0 unspecified atom stereocenters. The molecule has 0 aromatic heterocycles. The van der Waals surface area contributed by atoms with Gasteiger partial charge in [0.25, 0.3) is 11.8 Å². The third-order valence-corrected chi connectivity index (χ3v) is 4.95. The lowest BCUT2D eigenvalue weighted by Crippen LogP contribution is -2.29. The lowest BCUT2D eigenvalue weighted by molar-refractivity contribution is -0.0512. The first-order chi connectivity index (χ1) is 15.9. The van der Waals surface area contributed by atoms with E-state index in [-0.39, 0.29) is 29.4 Å². The molecule has 1 heterocycles. The lowest BCUT2D eigenvalue weighted by Gasteiger charge is -2.15. The number of carbonyl (C=O) groups excluding carboxylic acids is 3. The first-order valence-electron chi connectivity index (χ1n) is 9.75. The summed E-state index contributed by atoms with van der Waals surface area (Å²) in [7, 11) is 1.30. The number of halogens is 2. The number of alkyl halides is 2. The molecule has 0 atom stereocenters. The average molecular weight is 453 g/mol. The standard InChI is InChI=1S/C24H17F2NO6/c1-31-20-11-14(9-10-19(20)33-24(25)26)13-32-23(30)15-5-4-6-16(12-15)27-21(28)17-7-2-3-8-18(17)22(27)29/h2-12,24H,13H2,1H3. The maximum atomic E-state index is 12.7. The lowest BCUT2D eigenvalue weighted by atomic mass is 10.1. The number of rotatable bonds is 7. The molecule has 3 aromatic rings. The summed E-state index contributed by atoms with van der Waals surface area (Å²) in [6, 6.07) is 16.6. The molecule has 0 saturated heterocycles. The van der Waals surface area contributed by atoms with Crippen LogP contribution < -0.4 is 14.4 Å². The van der Waals surface area contributed by atoms with Crippen molar-refractivity contribution in [2.75, 3.05) is 12.0 Å². The minimum atomic E-state index is -3.00. The molecular weight excluding hydrogens is 436 g/mol. The van der Waals surface area contributed by atoms with Crippen LogP contribution in [0.5, 0.6) is 11.5 Å². The Hall–Kier alpha value is -4.27. The van der Waals surface area contributed by atoms with Gasteiger partial charge >= 0.3 is 12.6 Å². The molecule has 0 bridgehead atoms. The van der Waals surface area contributed by atoms with Gasteiger partial charge in [-0.2, -0.15) is 8.78 Å². The number of hydrogen-bond donors (Lipinski definition) is 0. The zero-order valence-electron chi connectivity index (χ0n) is 17.3. The monoisotopic (exact) mass is 453 g/mol. The summed E-state index contributed by atoms with van der Waals surface area (Å²) >= 11 is 0. The maximum Gasteiger partial charge on any atom is 0.387 e. The molecule has 0 N–H and O–H groups in total. The fraction of sp³-hybridized carbons (Fsp3) is 0.125. The van der Waals surface area contributed by atoms with Crippen LogP contribution in [0.1, 0.15) is 36.6 Å². The van der Waals surface area contributed by atoms with Gasteiger partial charge < -0.3 is 14.2 Å². The number of fused-ring (bicyclic) bond motifs is 1. The van der Waals surface area contributed by atoms with E-state index in [4.69, 9.17) is 9.47 Å². The molecule has 33 heavy (non-hydrogen) atoms. The molecule has 7 nitrogen and oxygen atoms in total. The molecule has 1 aliphatic heterocycles. The summed E-state index contributed by atoms with van der Waals surface area (Å²) in [5.74, 6) is -1.72. The molecule has 0 radical (unpaired) electrons. The predicted molar refractivity (Wildman–Crippen MR) is 113 cm³/mol. The van der Waals surface area contributed by atoms with Crippen LogP contribution in [0.3, 0.4) is 0 Å². The van der Waals surface area contributed by atoms with Gasteiger partial charge in [-0.3, -0.25) is 9.59 Å². The summed E-state index contributed by atoms with van der Waals surface area (Å²) in [4.78, 5) is 38.9. The van der Waals surface area contributed by atoms with Crippen molar-refractivity contribution in [3.05, 3.63) is 89.0 Å². The van der Waals surface area contributed by atoms with Crippen LogP contribution in [0, 0.1) is 0 Å². The average Bonchev–Trinajstić information content (AvgIpc) is 3.08. The van der Waals surface area contributed by atoms with Crippen LogP contribution in [-0.4, -0.2) is 31.5 Å². The normalized spacial score (nSPS) is 12.7. The van der Waals surface area contributed by atoms with Gasteiger partial charge in [0.15, 0.2) is 11.5 Å². The first kappa shape index (κ1) is 21.9. The third-order valence-electron chi connectivity index (χ3n) is 4.95. The number of esters is 1. The summed E-state index contributed by atoms with van der Waals surface area (Å²) in [5.41, 5.74) is 1.45. The molecule has 0 saturated carbocycles. The molecular formula is C24H17F2NO6. The van der Waals surface area contributed by atoms with Gasteiger partial charge in [-0.05, 0) is 48.0 Å². The molecule has 1 aliphatic rings. The Morgan fingerprint density at radius 2 is 1.61 bits per heavy atom. The zero-order valence-corrected chi connectivity index (χ0v) is 17.3. The van der Waals surface area contributed by atoms with Gasteiger partial charge in [-0.25, -0.2) is 9.69 Å². The van der Waals surface area contributed by atoms with Gasteiger partial charge in [0, 0.05) is 0 Å². The van der Waals surface area contributed by atoms with Crippen LogP contribution >= 0.6 is 0 Å². The van der Waals surface area contributed by atoms with Gasteiger partial charge in [-0.15, -0.1) is 0 Å². The van der Waals surface area contributed by atoms with E-state index in [1.165, 1.54) is 43.5 Å². The number of imide groups is 1. The smallest absolute Gasteiger partial charge is 0.387 e. The van der Waals surface area contributed by atoms with E-state index in [2.05, 4.69) is 4.74 Å². The summed E-state index contributed by atoms with van der Waals surface area (Å²) < 4.78 is 39.6. The van der Waals surface area contributed by atoms with Crippen molar-refractivity contribution in [1.82, 2.24) is 0 Å². The van der Waals surface area contributed by atoms with E-state index < -0.39 is 24.4 Å². The number of benzene rings is 3. The van der Waals surface area contributed by atoms with Crippen molar-refractivity contribution in [1.29, 1.82) is 0 Å². The molecule has 0 fully saturated rings. The quantitative estimate of drug-likeness (QED) is 0.388. The van der Waals surface area contributed by atoms with Crippen molar-refractivity contribution >= 4 is 23.5 Å². The predicted octanol–water partition coefficient (Wildman–Crippen LogP) is 4.45. The number of hydrogen-bond acceptors (Lipinski definition) is 6. The Kier molecular flexibility index (Phi) is 6.03. The van der Waals surface area contributed by atoms with Crippen molar-refractivity contribution in [3.63, 3.8) is 0 Å². The topological polar surface area (TPSA) is 82.1 Å². The second-order valence-electron chi connectivity index (χ2n) is 6.98. The highest BCUT2D eigenvalue weighted by atomic mass is 19.3. The SMILES string of the molecule is COc1cc(COC(=O)c2cccc(N3C(=O)c4ccccc4C3=O)c2)ccc1OC(F)F. The number of carbonyl (C=O) groups is 3. The summed E-state index contributed by atoms with van der Waals surface area (Å²) in [5, 5.41) is 0. The number of methoxy groups -OCH3 is 1. The fourth-order valence-corrected chi connectivity index (χ4v) is 3.42. The second-order valence-corrected chi connectivity index (χ2v) is 6.98. The Morgan fingerprint density at radius 3 is 2.24 bits per heavy atom. The van der Waals surface area contributed by atoms with Crippen molar-refractivity contribution in [2.45, 2.75) is 13.2 Å². The highest BCUT2D eigenvalue weighted by molar-refractivity contribution is 6.34. The Labute approximate surface area is 187 Å². The largest absolute Gasteiger partial charge is 0.493 e. The molecule has 9 heteroatoms. The van der Waals surface area contributed by atoms with E-state index in [9.17, 15) is 23.2 Å². The number of nitrogens with zero attached hydrogens (tertiary/aromatic N) is 1. The van der Waals surface area contributed by atoms with Crippen molar-refractivity contribution < 1.29 is 37.4 Å². The van der Waals surface area contributed by atoms with E-state index in [1.54, 1.807) is 30.3 Å². The number of amides is 2. The molecule has 0 spiro atoms. The van der Waals surface area contributed by atoms with Crippen LogP contribution in [0.4, 0.5) is 14.5 Å². The van der Waals surface area contributed by atoms with Gasteiger partial charge in [0.2, 0.25) is 0 Å². The van der Waals surface area contributed by atoms with Gasteiger partial charge in [0.05, 0.1) is 29.5 Å². The van der Waals surface area contributed by atoms with Crippen molar-refractivity contribution in [3.8, 4) is 11.5 Å². The summed E-state index contributed by atoms with van der Waals surface area (Å²) in [6.07, 6.45) is 0. The van der Waals surface area contributed by atoms with Crippen LogP contribution in [0.25, 0.3) is 0 Å². The Bertz CT molecular complexity index is 1210. The van der Waals surface area contributed by atoms with E-state index >= 15 is 0 Å². The van der Waals surface area contributed by atoms with Gasteiger partial charge in [0.1, 0.15) is 6.61 Å². The highest BCUT2D eigenvalue weighted by Gasteiger charge is 2.36. The highest BCUT2D eigenvalue weighted by Crippen LogP contribution is 2.31. The summed E-state index contributed by atoms with van der Waals surface area (Å²) in [6.45, 7) is -3.17. The minimum absolute atomic E-state index is 0.0662. The second kappa shape index (κ2) is 9.07. The third kappa shape index (κ3) is 4.38. The zero-order chi connectivity index (χ0) is 23.5. The van der Waals surface area contributed by atoms with E-state index in [0.29, 0.717) is 16.7 Å². The van der Waals surface area contributed by atoms with Crippen LogP contribution in [-0.2, 0) is 11.3 Å². The molecule has 0 aliphatic carbocycles. The molecule has 2 amide bonds. The maximum absolute atomic E-state index is 12.7. The molecule has 3 aromatic carbocycles. The molecule has 4 rings (SSSR count). The molecule has 168 valence electrons. The fourth-order valence-electron chi connectivity index (χ4n) is 3.42. The van der Waals surface area contributed by atoms with Gasteiger partial charge in [-0.1, -0.05) is 24.3 Å². The Morgan fingerprint density at radius 1 is 0.909 bits per heavy atom. The first-order valence-corrected chi connectivity index (χ1v) is 9.75.